The number of anilines is 2. The minimum absolute atomic E-state index is 0.0477. The highest BCUT2D eigenvalue weighted by atomic mass is 16.5. The van der Waals surface area contributed by atoms with Gasteiger partial charge in [0.1, 0.15) is 5.52 Å². The first-order chi connectivity index (χ1) is 7.70. The molecule has 0 spiro atoms. The molecule has 6 N–H and O–H groups in total. The van der Waals surface area contributed by atoms with E-state index in [2.05, 4.69) is 25.3 Å². The minimum Gasteiger partial charge on any atom is -0.368 e. The fraction of sp³-hybridized carbons (Fsp3) is 0.143. The highest BCUT2D eigenvalue weighted by molar-refractivity contribution is 5.86. The maximum absolute atomic E-state index is 10.8. The lowest BCUT2D eigenvalue weighted by molar-refractivity contribution is -0.127. The van der Waals surface area contributed by atoms with Gasteiger partial charge in [-0.1, -0.05) is 0 Å². The predicted octanol–water partition coefficient (Wildman–Crippen LogP) is -1.15. The first-order valence-electron chi connectivity index (χ1n) is 4.34. The van der Waals surface area contributed by atoms with E-state index in [0.717, 1.165) is 0 Å². The summed E-state index contributed by atoms with van der Waals surface area (Å²) in [5, 5.41) is 11.0. The molecule has 0 saturated heterocycles. The second kappa shape index (κ2) is 3.98. The first-order valence-corrected chi connectivity index (χ1v) is 4.34. The van der Waals surface area contributed by atoms with Crippen LogP contribution >= 0.6 is 0 Å². The SMILES string of the molecule is Nc1nc(NCC(=O)NO)c2[nH]cnc2n1. The van der Waals surface area contributed by atoms with Crippen LogP contribution in [0.4, 0.5) is 11.8 Å². The van der Waals surface area contributed by atoms with Gasteiger partial charge in [-0.15, -0.1) is 0 Å². The van der Waals surface area contributed by atoms with E-state index in [1.807, 2.05) is 0 Å². The number of hydrogen-bond acceptors (Lipinski definition) is 7. The van der Waals surface area contributed by atoms with Gasteiger partial charge in [0, 0.05) is 0 Å². The molecule has 0 aromatic carbocycles. The number of H-pyrrole nitrogens is 1. The van der Waals surface area contributed by atoms with Crippen molar-refractivity contribution in [2.75, 3.05) is 17.6 Å². The number of fused-ring (bicyclic) bond motifs is 1. The molecule has 0 aliphatic carbocycles. The van der Waals surface area contributed by atoms with Crippen LogP contribution in [0.25, 0.3) is 11.2 Å². The average molecular weight is 223 g/mol. The fourth-order valence-corrected chi connectivity index (χ4v) is 1.18. The van der Waals surface area contributed by atoms with E-state index in [1.165, 1.54) is 11.8 Å². The van der Waals surface area contributed by atoms with Gasteiger partial charge in [-0.3, -0.25) is 10.0 Å². The maximum atomic E-state index is 10.8. The lowest BCUT2D eigenvalue weighted by Crippen LogP contribution is -2.27. The van der Waals surface area contributed by atoms with E-state index < -0.39 is 5.91 Å². The Morgan fingerprint density at radius 2 is 2.38 bits per heavy atom. The molecule has 84 valence electrons. The summed E-state index contributed by atoms with van der Waals surface area (Å²) < 4.78 is 0. The van der Waals surface area contributed by atoms with Crippen molar-refractivity contribution in [3.63, 3.8) is 0 Å². The molecule has 0 unspecified atom stereocenters. The van der Waals surface area contributed by atoms with Gasteiger partial charge in [0.15, 0.2) is 11.5 Å². The van der Waals surface area contributed by atoms with Crippen molar-refractivity contribution in [2.24, 2.45) is 0 Å². The van der Waals surface area contributed by atoms with Crippen LogP contribution in [-0.2, 0) is 4.79 Å². The molecule has 0 bridgehead atoms. The van der Waals surface area contributed by atoms with Crippen molar-refractivity contribution in [3.8, 4) is 0 Å². The number of nitrogens with one attached hydrogen (secondary N) is 3. The van der Waals surface area contributed by atoms with Gasteiger partial charge in [0.05, 0.1) is 12.9 Å². The van der Waals surface area contributed by atoms with Crippen LogP contribution in [0.2, 0.25) is 0 Å². The van der Waals surface area contributed by atoms with E-state index in [0.29, 0.717) is 17.0 Å². The summed E-state index contributed by atoms with van der Waals surface area (Å²) in [7, 11) is 0. The Morgan fingerprint density at radius 3 is 3.12 bits per heavy atom. The van der Waals surface area contributed by atoms with Crippen molar-refractivity contribution in [2.45, 2.75) is 0 Å². The number of hydroxylamine groups is 1. The van der Waals surface area contributed by atoms with Crippen molar-refractivity contribution in [1.82, 2.24) is 25.4 Å². The zero-order chi connectivity index (χ0) is 11.5. The second-order valence-corrected chi connectivity index (χ2v) is 2.92. The molecule has 1 amide bonds. The Labute approximate surface area is 89.1 Å². The smallest absolute Gasteiger partial charge is 0.262 e. The number of nitrogens with two attached hydrogens (primary N) is 1. The third-order valence-electron chi connectivity index (χ3n) is 1.84. The van der Waals surface area contributed by atoms with E-state index in [1.54, 1.807) is 0 Å². The summed E-state index contributed by atoms with van der Waals surface area (Å²) >= 11 is 0. The molecule has 0 aliphatic heterocycles. The molecule has 2 aromatic heterocycles. The molecule has 2 aromatic rings. The highest BCUT2D eigenvalue weighted by Gasteiger charge is 2.09. The van der Waals surface area contributed by atoms with E-state index in [-0.39, 0.29) is 12.5 Å². The fourth-order valence-electron chi connectivity index (χ4n) is 1.18. The van der Waals surface area contributed by atoms with Crippen LogP contribution in [0.15, 0.2) is 6.33 Å². The van der Waals surface area contributed by atoms with Crippen LogP contribution < -0.4 is 16.5 Å². The highest BCUT2D eigenvalue weighted by Crippen LogP contribution is 2.16. The quantitative estimate of drug-likeness (QED) is 0.326. The Balaban J connectivity index is 2.28. The molecule has 9 nitrogen and oxygen atoms in total. The standard InChI is InChI=1S/C7H9N7O2/c8-7-12-5(9-1-3(15)14-16)4-6(13-7)11-2-10-4/h2,16H,1H2,(H,14,15)(H4,8,9,10,11,12,13). The van der Waals surface area contributed by atoms with Crippen LogP contribution in [0, 0.1) is 0 Å². The summed E-state index contributed by atoms with van der Waals surface area (Å²) in [6.45, 7) is -0.138. The monoisotopic (exact) mass is 223 g/mol. The summed E-state index contributed by atoms with van der Waals surface area (Å²) in [6.07, 6.45) is 1.44. The van der Waals surface area contributed by atoms with Gasteiger partial charge in [0.25, 0.3) is 5.91 Å². The predicted molar refractivity (Wildman–Crippen MR) is 54.5 cm³/mol. The third-order valence-corrected chi connectivity index (χ3v) is 1.84. The zero-order valence-electron chi connectivity index (χ0n) is 8.06. The molecule has 0 radical (unpaired) electrons. The number of aromatic amines is 1. The molecule has 2 rings (SSSR count). The number of carbonyl (C=O) groups is 1. The number of amides is 1. The molecule has 0 atom stereocenters. The Bertz CT molecular complexity index is 522. The number of aromatic nitrogens is 4. The van der Waals surface area contributed by atoms with E-state index in [4.69, 9.17) is 10.9 Å². The summed E-state index contributed by atoms with van der Waals surface area (Å²) in [5.74, 6) is -0.194. The van der Waals surface area contributed by atoms with Crippen molar-refractivity contribution < 1.29 is 10.0 Å². The van der Waals surface area contributed by atoms with E-state index in [9.17, 15) is 4.79 Å². The lowest BCUT2D eigenvalue weighted by Gasteiger charge is -2.05. The molecule has 2 heterocycles. The normalized spacial score (nSPS) is 10.3. The van der Waals surface area contributed by atoms with Gasteiger partial charge in [-0.05, 0) is 0 Å². The van der Waals surface area contributed by atoms with Gasteiger partial charge in [0.2, 0.25) is 5.95 Å². The molecule has 0 aliphatic rings. The molecule has 0 saturated carbocycles. The molecule has 0 fully saturated rings. The lowest BCUT2D eigenvalue weighted by atomic mass is 10.4. The number of carbonyl (C=O) groups excluding carboxylic acids is 1. The zero-order valence-corrected chi connectivity index (χ0v) is 8.06. The Kier molecular flexibility index (Phi) is 2.52. The molecular formula is C7H9N7O2. The number of rotatable bonds is 3. The van der Waals surface area contributed by atoms with Crippen molar-refractivity contribution >= 4 is 28.8 Å². The summed E-state index contributed by atoms with van der Waals surface area (Å²) in [6, 6.07) is 0. The number of hydrogen-bond donors (Lipinski definition) is 5. The van der Waals surface area contributed by atoms with Crippen LogP contribution in [0.5, 0.6) is 0 Å². The van der Waals surface area contributed by atoms with Crippen LogP contribution in [0.3, 0.4) is 0 Å². The maximum Gasteiger partial charge on any atom is 0.262 e. The average Bonchev–Trinajstić information content (AvgIpc) is 2.73. The molecule has 9 heteroatoms. The topological polar surface area (TPSA) is 142 Å². The Hall–Kier alpha value is -2.42. The number of imidazole rings is 1. The molecular weight excluding hydrogens is 214 g/mol. The van der Waals surface area contributed by atoms with Gasteiger partial charge in [-0.25, -0.2) is 10.5 Å². The summed E-state index contributed by atoms with van der Waals surface area (Å²) in [4.78, 5) is 25.3. The van der Waals surface area contributed by atoms with E-state index >= 15 is 0 Å². The van der Waals surface area contributed by atoms with Crippen LogP contribution in [0.1, 0.15) is 0 Å². The summed E-state index contributed by atoms with van der Waals surface area (Å²) in [5.41, 5.74) is 7.89. The Morgan fingerprint density at radius 1 is 1.56 bits per heavy atom. The van der Waals surface area contributed by atoms with Crippen LogP contribution in [-0.4, -0.2) is 37.6 Å². The first kappa shape index (κ1) is 10.1. The third kappa shape index (κ3) is 1.83. The largest absolute Gasteiger partial charge is 0.368 e. The van der Waals surface area contributed by atoms with Gasteiger partial charge < -0.3 is 16.0 Å². The molecule has 16 heavy (non-hydrogen) atoms. The van der Waals surface area contributed by atoms with Gasteiger partial charge in [-0.2, -0.15) is 9.97 Å². The minimum atomic E-state index is -0.593. The van der Waals surface area contributed by atoms with Gasteiger partial charge >= 0.3 is 0 Å². The van der Waals surface area contributed by atoms with Crippen molar-refractivity contribution in [3.05, 3.63) is 6.33 Å². The van der Waals surface area contributed by atoms with Crippen molar-refractivity contribution in [1.29, 1.82) is 0 Å². The number of nitrogens with zero attached hydrogens (tertiary/aromatic N) is 3. The second-order valence-electron chi connectivity index (χ2n) is 2.92. The number of nitrogen functional groups attached to an aromatic ring is 1.